The number of aryl methyl sites for hydroxylation is 1. The van der Waals surface area contributed by atoms with E-state index in [1.807, 2.05) is 6.92 Å². The molecule has 0 spiro atoms. The lowest BCUT2D eigenvalue weighted by Gasteiger charge is -2.16. The molecule has 0 radical (unpaired) electrons. The molecule has 1 fully saturated rings. The van der Waals surface area contributed by atoms with E-state index in [0.29, 0.717) is 30.4 Å². The Morgan fingerprint density at radius 3 is 2.95 bits per heavy atom. The lowest BCUT2D eigenvalue weighted by Crippen LogP contribution is -2.24. The molecule has 2 aromatic rings. The van der Waals surface area contributed by atoms with Crippen LogP contribution < -0.4 is 9.64 Å². The highest BCUT2D eigenvalue weighted by Gasteiger charge is 2.35. The zero-order valence-electron chi connectivity index (χ0n) is 12.4. The normalized spacial score (nSPS) is 18.0. The quantitative estimate of drug-likeness (QED) is 0.867. The molecule has 3 rings (SSSR count). The number of methoxy groups -OCH3 is 1. The van der Waals surface area contributed by atoms with Gasteiger partial charge in [-0.2, -0.15) is 4.98 Å². The van der Waals surface area contributed by atoms with Crippen LogP contribution in [0.3, 0.4) is 0 Å². The van der Waals surface area contributed by atoms with Gasteiger partial charge in [0.05, 0.1) is 13.0 Å². The van der Waals surface area contributed by atoms with Crippen LogP contribution in [-0.2, 0) is 11.2 Å². The number of rotatable bonds is 4. The number of benzene rings is 1. The number of halogens is 1. The number of amides is 1. The number of aromatic nitrogens is 2. The Morgan fingerprint density at radius 1 is 1.50 bits per heavy atom. The van der Waals surface area contributed by atoms with E-state index in [1.54, 1.807) is 6.07 Å². The van der Waals surface area contributed by atoms with Gasteiger partial charge in [-0.25, -0.2) is 4.39 Å². The first-order chi connectivity index (χ1) is 10.6. The van der Waals surface area contributed by atoms with Crippen molar-refractivity contribution in [2.75, 3.05) is 18.6 Å². The minimum atomic E-state index is -0.498. The van der Waals surface area contributed by atoms with Gasteiger partial charge >= 0.3 is 0 Å². The minimum Gasteiger partial charge on any atom is -0.494 e. The SMILES string of the molecule is CCc1noc(C2CC(=O)N(c3ccc(OC)c(F)c3)C2)n1. The van der Waals surface area contributed by atoms with Crippen molar-refractivity contribution in [1.82, 2.24) is 10.1 Å². The maximum Gasteiger partial charge on any atom is 0.232 e. The summed E-state index contributed by atoms with van der Waals surface area (Å²) in [5, 5.41) is 3.85. The van der Waals surface area contributed by atoms with Gasteiger partial charge in [0.25, 0.3) is 0 Å². The zero-order chi connectivity index (χ0) is 15.7. The van der Waals surface area contributed by atoms with Crippen molar-refractivity contribution < 1.29 is 18.4 Å². The van der Waals surface area contributed by atoms with Gasteiger partial charge in [-0.05, 0) is 12.1 Å². The van der Waals surface area contributed by atoms with Gasteiger partial charge < -0.3 is 14.2 Å². The fraction of sp³-hybridized carbons (Fsp3) is 0.400. The van der Waals surface area contributed by atoms with Gasteiger partial charge in [-0.1, -0.05) is 12.1 Å². The second-order valence-corrected chi connectivity index (χ2v) is 5.13. The lowest BCUT2D eigenvalue weighted by molar-refractivity contribution is -0.117. The molecule has 1 aliphatic rings. The molecule has 0 aliphatic carbocycles. The van der Waals surface area contributed by atoms with Crippen molar-refractivity contribution in [2.45, 2.75) is 25.7 Å². The number of hydrogen-bond donors (Lipinski definition) is 0. The highest BCUT2D eigenvalue weighted by atomic mass is 19.1. The summed E-state index contributed by atoms with van der Waals surface area (Å²) in [6.45, 7) is 2.33. The minimum absolute atomic E-state index is 0.0918. The van der Waals surface area contributed by atoms with E-state index < -0.39 is 5.82 Å². The molecule has 1 aliphatic heterocycles. The maximum atomic E-state index is 13.8. The van der Waals surface area contributed by atoms with Crippen molar-refractivity contribution >= 4 is 11.6 Å². The number of hydrogen-bond acceptors (Lipinski definition) is 5. The third-order valence-corrected chi connectivity index (χ3v) is 3.72. The first kappa shape index (κ1) is 14.5. The molecule has 0 N–H and O–H groups in total. The van der Waals surface area contributed by atoms with E-state index in [-0.39, 0.29) is 24.0 Å². The van der Waals surface area contributed by atoms with E-state index >= 15 is 0 Å². The summed E-state index contributed by atoms with van der Waals surface area (Å²) in [4.78, 5) is 18.0. The topological polar surface area (TPSA) is 68.5 Å². The van der Waals surface area contributed by atoms with Crippen molar-refractivity contribution in [3.05, 3.63) is 35.7 Å². The van der Waals surface area contributed by atoms with Gasteiger partial charge in [0.1, 0.15) is 0 Å². The molecule has 1 aromatic carbocycles. The fourth-order valence-electron chi connectivity index (χ4n) is 2.52. The van der Waals surface area contributed by atoms with Crippen LogP contribution in [0.1, 0.15) is 31.0 Å². The first-order valence-corrected chi connectivity index (χ1v) is 7.08. The molecule has 1 atom stereocenters. The third kappa shape index (κ3) is 2.54. The molecule has 1 unspecified atom stereocenters. The summed E-state index contributed by atoms with van der Waals surface area (Å²) in [5.41, 5.74) is 0.501. The van der Waals surface area contributed by atoms with Crippen molar-refractivity contribution in [3.63, 3.8) is 0 Å². The Hall–Kier alpha value is -2.44. The highest BCUT2D eigenvalue weighted by Crippen LogP contribution is 2.32. The van der Waals surface area contributed by atoms with Crippen LogP contribution in [0.5, 0.6) is 5.75 Å². The third-order valence-electron chi connectivity index (χ3n) is 3.72. The number of ether oxygens (including phenoxy) is 1. The standard InChI is InChI=1S/C15H16FN3O3/c1-3-13-17-15(22-18-13)9-6-14(20)19(8-9)10-4-5-12(21-2)11(16)7-10/h4-5,7,9H,3,6,8H2,1-2H3. The van der Waals surface area contributed by atoms with Crippen LogP contribution in [0.4, 0.5) is 10.1 Å². The molecule has 1 amide bonds. The molecule has 1 aromatic heterocycles. The average Bonchev–Trinajstić information content (AvgIpc) is 3.13. The van der Waals surface area contributed by atoms with Crippen LogP contribution in [0, 0.1) is 5.82 Å². The average molecular weight is 305 g/mol. The summed E-state index contributed by atoms with van der Waals surface area (Å²) < 4.78 is 23.9. The maximum absolute atomic E-state index is 13.8. The molecule has 7 heteroatoms. The van der Waals surface area contributed by atoms with Crippen LogP contribution in [-0.4, -0.2) is 29.7 Å². The predicted octanol–water partition coefficient (Wildman–Crippen LogP) is 2.30. The summed E-state index contributed by atoms with van der Waals surface area (Å²) >= 11 is 0. The van der Waals surface area contributed by atoms with Crippen LogP contribution >= 0.6 is 0 Å². The zero-order valence-corrected chi connectivity index (χ0v) is 12.4. The molecule has 6 nitrogen and oxygen atoms in total. The monoisotopic (exact) mass is 305 g/mol. The second kappa shape index (κ2) is 5.75. The Balaban J connectivity index is 1.81. The van der Waals surface area contributed by atoms with Crippen molar-refractivity contribution in [3.8, 4) is 5.75 Å². The molecule has 1 saturated heterocycles. The molecule has 116 valence electrons. The number of carbonyl (C=O) groups is 1. The first-order valence-electron chi connectivity index (χ1n) is 7.08. The Morgan fingerprint density at radius 2 is 2.32 bits per heavy atom. The van der Waals surface area contributed by atoms with Crippen LogP contribution in [0.15, 0.2) is 22.7 Å². The van der Waals surface area contributed by atoms with Gasteiger partial charge in [-0.3, -0.25) is 4.79 Å². The summed E-state index contributed by atoms with van der Waals surface area (Å²) in [6, 6.07) is 4.46. The van der Waals surface area contributed by atoms with Crippen molar-refractivity contribution in [1.29, 1.82) is 0 Å². The molecular weight excluding hydrogens is 289 g/mol. The smallest absolute Gasteiger partial charge is 0.232 e. The van der Waals surface area contributed by atoms with E-state index in [9.17, 15) is 9.18 Å². The fourth-order valence-corrected chi connectivity index (χ4v) is 2.52. The number of anilines is 1. The van der Waals surface area contributed by atoms with Gasteiger partial charge in [0, 0.05) is 31.1 Å². The molecule has 22 heavy (non-hydrogen) atoms. The Kier molecular flexibility index (Phi) is 3.79. The number of nitrogens with zero attached hydrogens (tertiary/aromatic N) is 3. The van der Waals surface area contributed by atoms with Crippen LogP contribution in [0.2, 0.25) is 0 Å². The largest absolute Gasteiger partial charge is 0.494 e. The van der Waals surface area contributed by atoms with Crippen molar-refractivity contribution in [2.24, 2.45) is 0 Å². The van der Waals surface area contributed by atoms with Gasteiger partial charge in [0.2, 0.25) is 11.8 Å². The lowest BCUT2D eigenvalue weighted by atomic mass is 10.1. The summed E-state index contributed by atoms with van der Waals surface area (Å²) in [7, 11) is 1.40. The molecular formula is C15H16FN3O3. The molecule has 2 heterocycles. The summed E-state index contributed by atoms with van der Waals surface area (Å²) in [5.74, 6) is 0.480. The number of carbonyl (C=O) groups excluding carboxylic acids is 1. The van der Waals surface area contributed by atoms with Gasteiger partial charge in [0.15, 0.2) is 17.4 Å². The van der Waals surface area contributed by atoms with E-state index in [0.717, 1.165) is 0 Å². The van der Waals surface area contributed by atoms with Crippen LogP contribution in [0.25, 0.3) is 0 Å². The van der Waals surface area contributed by atoms with E-state index in [4.69, 9.17) is 9.26 Å². The Labute approximate surface area is 126 Å². The van der Waals surface area contributed by atoms with Gasteiger partial charge in [-0.15, -0.1) is 0 Å². The Bertz CT molecular complexity index is 701. The highest BCUT2D eigenvalue weighted by molar-refractivity contribution is 5.96. The van der Waals surface area contributed by atoms with E-state index in [1.165, 1.54) is 24.1 Å². The molecule has 0 bridgehead atoms. The summed E-state index contributed by atoms with van der Waals surface area (Å²) in [6.07, 6.45) is 0.955. The molecule has 0 saturated carbocycles. The van der Waals surface area contributed by atoms with E-state index in [2.05, 4.69) is 10.1 Å². The predicted molar refractivity (Wildman–Crippen MR) is 76.3 cm³/mol. The second-order valence-electron chi connectivity index (χ2n) is 5.13.